The van der Waals surface area contributed by atoms with E-state index in [2.05, 4.69) is 32.3 Å². The molecule has 3 aromatic rings. The van der Waals surface area contributed by atoms with Crippen LogP contribution >= 0.6 is 0 Å². The van der Waals surface area contributed by atoms with E-state index >= 15 is 0 Å². The summed E-state index contributed by atoms with van der Waals surface area (Å²) in [6.45, 7) is 4.02. The molecule has 0 aliphatic carbocycles. The molecular formula is C20H23FN6O. The fraction of sp³-hybridized carbons (Fsp3) is 0.400. The number of carbonyl (C=O) groups excluding carboxylic acids is 1. The van der Waals surface area contributed by atoms with Crippen molar-refractivity contribution in [3.63, 3.8) is 0 Å². The molecule has 0 spiro atoms. The first kappa shape index (κ1) is 18.3. The number of amides is 1. The minimum atomic E-state index is -0.224. The van der Waals surface area contributed by atoms with E-state index in [0.717, 1.165) is 30.8 Å². The molecule has 4 rings (SSSR count). The smallest absolute Gasteiger partial charge is 0.225 e. The molecule has 2 aromatic heterocycles. The van der Waals surface area contributed by atoms with Crippen molar-refractivity contribution >= 4 is 17.4 Å². The standard InChI is InChI=1S/C20H23FN6O/c1-14-11-27(18-19-25-24-13-26(19)9-8-22-18)12-17(14)20(28)23-7-3-5-15-4-2-6-16(21)10-15/h2,4,6,8-10,13-14,17H,3,5,7,11-12H2,1H3,(H,23,28). The third-order valence-electron chi connectivity index (χ3n) is 5.28. The van der Waals surface area contributed by atoms with Gasteiger partial charge >= 0.3 is 0 Å². The number of aryl methyl sites for hydroxylation is 1. The lowest BCUT2D eigenvalue weighted by Crippen LogP contribution is -2.35. The molecule has 1 amide bonds. The Kier molecular flexibility index (Phi) is 5.18. The number of fused-ring (bicyclic) bond motifs is 1. The van der Waals surface area contributed by atoms with Crippen molar-refractivity contribution in [1.82, 2.24) is 24.9 Å². The van der Waals surface area contributed by atoms with Crippen LogP contribution in [0.1, 0.15) is 18.9 Å². The Morgan fingerprint density at radius 3 is 3.11 bits per heavy atom. The molecule has 0 saturated carbocycles. The van der Waals surface area contributed by atoms with Gasteiger partial charge in [-0.15, -0.1) is 10.2 Å². The van der Waals surface area contributed by atoms with E-state index in [1.54, 1.807) is 24.8 Å². The quantitative estimate of drug-likeness (QED) is 0.661. The minimum absolute atomic E-state index is 0.0580. The fourth-order valence-electron chi connectivity index (χ4n) is 3.78. The van der Waals surface area contributed by atoms with Crippen molar-refractivity contribution in [2.45, 2.75) is 19.8 Å². The van der Waals surface area contributed by atoms with Gasteiger partial charge in [0.1, 0.15) is 12.1 Å². The highest BCUT2D eigenvalue weighted by Crippen LogP contribution is 2.28. The molecule has 2 unspecified atom stereocenters. The van der Waals surface area contributed by atoms with Gasteiger partial charge in [-0.2, -0.15) is 0 Å². The Hall–Kier alpha value is -3.03. The van der Waals surface area contributed by atoms with Gasteiger partial charge in [-0.25, -0.2) is 9.37 Å². The average molecular weight is 382 g/mol. The molecule has 3 heterocycles. The lowest BCUT2D eigenvalue weighted by Gasteiger charge is -2.17. The number of halogens is 1. The molecule has 146 valence electrons. The van der Waals surface area contributed by atoms with Crippen molar-refractivity contribution in [1.29, 1.82) is 0 Å². The summed E-state index contributed by atoms with van der Waals surface area (Å²) in [6.07, 6.45) is 6.68. The summed E-state index contributed by atoms with van der Waals surface area (Å²) in [7, 11) is 0. The molecule has 28 heavy (non-hydrogen) atoms. The Labute approximate surface area is 162 Å². The van der Waals surface area contributed by atoms with E-state index in [4.69, 9.17) is 0 Å². The van der Waals surface area contributed by atoms with E-state index in [0.29, 0.717) is 18.7 Å². The van der Waals surface area contributed by atoms with Crippen LogP contribution in [0.3, 0.4) is 0 Å². The topological polar surface area (TPSA) is 75.4 Å². The van der Waals surface area contributed by atoms with E-state index in [-0.39, 0.29) is 23.6 Å². The number of anilines is 1. The SMILES string of the molecule is CC1CN(c2nccn3cnnc23)CC1C(=O)NCCCc1cccc(F)c1. The predicted molar refractivity (Wildman–Crippen MR) is 103 cm³/mol. The lowest BCUT2D eigenvalue weighted by molar-refractivity contribution is -0.125. The first-order valence-corrected chi connectivity index (χ1v) is 9.53. The highest BCUT2D eigenvalue weighted by Gasteiger charge is 2.36. The Balaban J connectivity index is 1.32. The number of nitrogens with zero attached hydrogens (tertiary/aromatic N) is 5. The minimum Gasteiger partial charge on any atom is -0.356 e. The number of nitrogens with one attached hydrogen (secondary N) is 1. The molecule has 1 aliphatic heterocycles. The lowest BCUT2D eigenvalue weighted by atomic mass is 9.97. The summed E-state index contributed by atoms with van der Waals surface area (Å²) in [5.41, 5.74) is 1.65. The van der Waals surface area contributed by atoms with Gasteiger partial charge in [-0.05, 0) is 36.5 Å². The van der Waals surface area contributed by atoms with Crippen LogP contribution in [0.25, 0.3) is 5.65 Å². The maximum absolute atomic E-state index is 13.2. The molecule has 0 radical (unpaired) electrons. The highest BCUT2D eigenvalue weighted by atomic mass is 19.1. The summed E-state index contributed by atoms with van der Waals surface area (Å²) in [6, 6.07) is 6.59. The Morgan fingerprint density at radius 2 is 2.25 bits per heavy atom. The summed E-state index contributed by atoms with van der Waals surface area (Å²) < 4.78 is 15.0. The molecule has 1 saturated heterocycles. The molecule has 7 nitrogen and oxygen atoms in total. The molecular weight excluding hydrogens is 359 g/mol. The zero-order chi connectivity index (χ0) is 19.5. The first-order chi connectivity index (χ1) is 13.6. The summed E-state index contributed by atoms with van der Waals surface area (Å²) >= 11 is 0. The zero-order valence-electron chi connectivity index (χ0n) is 15.8. The number of aromatic nitrogens is 4. The van der Waals surface area contributed by atoms with Crippen LogP contribution in [0, 0.1) is 17.7 Å². The normalized spacial score (nSPS) is 19.3. The van der Waals surface area contributed by atoms with Gasteiger partial charge in [-0.3, -0.25) is 9.20 Å². The second kappa shape index (κ2) is 7.92. The van der Waals surface area contributed by atoms with Crippen LogP contribution in [-0.4, -0.2) is 45.1 Å². The van der Waals surface area contributed by atoms with Crippen LogP contribution in [0.2, 0.25) is 0 Å². The summed E-state index contributed by atoms with van der Waals surface area (Å²) in [5, 5.41) is 11.1. The fourth-order valence-corrected chi connectivity index (χ4v) is 3.78. The van der Waals surface area contributed by atoms with Gasteiger partial charge in [0.15, 0.2) is 5.82 Å². The molecule has 1 aromatic carbocycles. The molecule has 1 N–H and O–H groups in total. The van der Waals surface area contributed by atoms with Crippen molar-refractivity contribution in [2.75, 3.05) is 24.5 Å². The zero-order valence-corrected chi connectivity index (χ0v) is 15.8. The van der Waals surface area contributed by atoms with Crippen molar-refractivity contribution < 1.29 is 9.18 Å². The molecule has 2 atom stereocenters. The number of rotatable bonds is 6. The van der Waals surface area contributed by atoms with Gasteiger partial charge in [0.25, 0.3) is 0 Å². The van der Waals surface area contributed by atoms with Crippen LogP contribution in [0.5, 0.6) is 0 Å². The van der Waals surface area contributed by atoms with Gasteiger partial charge in [0, 0.05) is 32.0 Å². The Bertz CT molecular complexity index is 974. The number of carbonyl (C=O) groups is 1. The van der Waals surface area contributed by atoms with Gasteiger partial charge in [0.2, 0.25) is 11.6 Å². The van der Waals surface area contributed by atoms with Crippen LogP contribution < -0.4 is 10.2 Å². The Morgan fingerprint density at radius 1 is 1.36 bits per heavy atom. The maximum Gasteiger partial charge on any atom is 0.225 e. The second-order valence-corrected chi connectivity index (χ2v) is 7.33. The van der Waals surface area contributed by atoms with Gasteiger partial charge in [0.05, 0.1) is 5.92 Å². The molecule has 0 bridgehead atoms. The van der Waals surface area contributed by atoms with Crippen LogP contribution in [-0.2, 0) is 11.2 Å². The molecule has 8 heteroatoms. The van der Waals surface area contributed by atoms with Crippen molar-refractivity contribution in [2.24, 2.45) is 11.8 Å². The highest BCUT2D eigenvalue weighted by molar-refractivity contribution is 5.81. The van der Waals surface area contributed by atoms with Gasteiger partial charge < -0.3 is 10.2 Å². The van der Waals surface area contributed by atoms with E-state index in [1.165, 1.54) is 12.1 Å². The van der Waals surface area contributed by atoms with E-state index in [9.17, 15) is 9.18 Å². The number of hydrogen-bond acceptors (Lipinski definition) is 5. The summed E-state index contributed by atoms with van der Waals surface area (Å²) in [4.78, 5) is 19.2. The maximum atomic E-state index is 13.2. The van der Waals surface area contributed by atoms with Crippen molar-refractivity contribution in [3.8, 4) is 0 Å². The summed E-state index contributed by atoms with van der Waals surface area (Å²) in [5.74, 6) is 0.709. The molecule has 1 aliphatic rings. The third kappa shape index (κ3) is 3.81. The van der Waals surface area contributed by atoms with Crippen LogP contribution in [0.4, 0.5) is 10.2 Å². The molecule has 1 fully saturated rings. The number of hydrogen-bond donors (Lipinski definition) is 1. The van der Waals surface area contributed by atoms with E-state index in [1.807, 2.05) is 10.5 Å². The first-order valence-electron chi connectivity index (χ1n) is 9.53. The largest absolute Gasteiger partial charge is 0.356 e. The monoisotopic (exact) mass is 382 g/mol. The van der Waals surface area contributed by atoms with Gasteiger partial charge in [-0.1, -0.05) is 19.1 Å². The van der Waals surface area contributed by atoms with E-state index < -0.39 is 0 Å². The second-order valence-electron chi connectivity index (χ2n) is 7.33. The van der Waals surface area contributed by atoms with Crippen LogP contribution in [0.15, 0.2) is 43.0 Å². The van der Waals surface area contributed by atoms with Crippen molar-refractivity contribution in [3.05, 3.63) is 54.4 Å². The third-order valence-corrected chi connectivity index (χ3v) is 5.28. The predicted octanol–water partition coefficient (Wildman–Crippen LogP) is 2.08. The number of benzene rings is 1. The average Bonchev–Trinajstić information content (AvgIpc) is 3.31.